The molecule has 0 aliphatic rings. The van der Waals surface area contributed by atoms with E-state index >= 15 is 0 Å². The van der Waals surface area contributed by atoms with Gasteiger partial charge in [0.15, 0.2) is 17.4 Å². The van der Waals surface area contributed by atoms with Gasteiger partial charge >= 0.3 is 0 Å². The minimum atomic E-state index is -0.926. The first-order valence-corrected chi connectivity index (χ1v) is 6.57. The molecule has 3 aromatic heterocycles. The van der Waals surface area contributed by atoms with E-state index in [-0.39, 0.29) is 5.56 Å². The van der Waals surface area contributed by atoms with Crippen molar-refractivity contribution in [3.8, 4) is 22.5 Å². The Morgan fingerprint density at radius 3 is 2.82 bits per heavy atom. The Hall–Kier alpha value is -3.02. The number of nitrogens with zero attached hydrogens (tertiary/aromatic N) is 2. The second kappa shape index (κ2) is 4.77. The Morgan fingerprint density at radius 2 is 1.91 bits per heavy atom. The number of nitrogens with one attached hydrogen (secondary N) is 1. The van der Waals surface area contributed by atoms with Crippen LogP contribution < -0.4 is 0 Å². The molecule has 0 aliphatic heterocycles. The maximum Gasteiger partial charge on any atom is 0.176 e. The Morgan fingerprint density at radius 1 is 1.00 bits per heavy atom. The highest BCUT2D eigenvalue weighted by Gasteiger charge is 2.20. The molecule has 4 aromatic rings. The third-order valence-electron chi connectivity index (χ3n) is 3.51. The van der Waals surface area contributed by atoms with Crippen molar-refractivity contribution in [2.24, 2.45) is 0 Å². The number of halogens is 2. The molecule has 6 heteroatoms. The molecule has 1 N–H and O–H groups in total. The maximum atomic E-state index is 14.0. The quantitative estimate of drug-likeness (QED) is 0.604. The lowest BCUT2D eigenvalue weighted by atomic mass is 10.0. The van der Waals surface area contributed by atoms with Crippen LogP contribution in [0.3, 0.4) is 0 Å². The summed E-state index contributed by atoms with van der Waals surface area (Å²) in [7, 11) is 0. The van der Waals surface area contributed by atoms with E-state index in [2.05, 4.69) is 15.1 Å². The van der Waals surface area contributed by atoms with Crippen molar-refractivity contribution in [3.05, 3.63) is 60.6 Å². The van der Waals surface area contributed by atoms with Gasteiger partial charge < -0.3 is 9.51 Å². The number of aromatic amines is 1. The monoisotopic (exact) mass is 297 g/mol. The summed E-state index contributed by atoms with van der Waals surface area (Å²) in [5.74, 6) is -1.47. The van der Waals surface area contributed by atoms with Gasteiger partial charge in [-0.05, 0) is 18.2 Å². The number of hydrogen-bond donors (Lipinski definition) is 1. The summed E-state index contributed by atoms with van der Waals surface area (Å²) in [6, 6.07) is 7.66. The fourth-order valence-corrected chi connectivity index (χ4v) is 2.48. The van der Waals surface area contributed by atoms with Gasteiger partial charge in [-0.3, -0.25) is 0 Å². The summed E-state index contributed by atoms with van der Waals surface area (Å²) in [6.45, 7) is 0. The fourth-order valence-electron chi connectivity index (χ4n) is 2.48. The largest absolute Gasteiger partial charge is 0.356 e. The zero-order valence-electron chi connectivity index (χ0n) is 11.2. The number of fused-ring (bicyclic) bond motifs is 1. The lowest BCUT2D eigenvalue weighted by molar-refractivity contribution is 0.432. The molecule has 0 unspecified atom stereocenters. The van der Waals surface area contributed by atoms with Crippen molar-refractivity contribution >= 4 is 11.0 Å². The van der Waals surface area contributed by atoms with Gasteiger partial charge in [0, 0.05) is 28.9 Å². The van der Waals surface area contributed by atoms with Gasteiger partial charge in [0.25, 0.3) is 0 Å². The van der Waals surface area contributed by atoms with E-state index in [0.29, 0.717) is 22.5 Å². The fraction of sp³-hybridized carbons (Fsp3) is 0. The molecule has 4 nitrogen and oxygen atoms in total. The van der Waals surface area contributed by atoms with Crippen molar-refractivity contribution in [2.45, 2.75) is 0 Å². The first-order chi connectivity index (χ1) is 10.8. The normalized spacial score (nSPS) is 11.2. The van der Waals surface area contributed by atoms with Crippen LogP contribution in [-0.4, -0.2) is 15.1 Å². The van der Waals surface area contributed by atoms with Crippen molar-refractivity contribution in [1.29, 1.82) is 0 Å². The Bertz CT molecular complexity index is 974. The number of H-pyrrole nitrogens is 1. The van der Waals surface area contributed by atoms with E-state index in [1.165, 1.54) is 18.3 Å². The van der Waals surface area contributed by atoms with Gasteiger partial charge in [0.2, 0.25) is 0 Å². The van der Waals surface area contributed by atoms with E-state index in [4.69, 9.17) is 4.52 Å². The zero-order chi connectivity index (χ0) is 15.1. The zero-order valence-corrected chi connectivity index (χ0v) is 11.2. The van der Waals surface area contributed by atoms with Crippen molar-refractivity contribution in [1.82, 2.24) is 15.1 Å². The van der Waals surface area contributed by atoms with Gasteiger partial charge in [0.1, 0.15) is 5.65 Å². The second-order valence-corrected chi connectivity index (χ2v) is 4.77. The molecule has 0 atom stereocenters. The van der Waals surface area contributed by atoms with Gasteiger partial charge in [-0.1, -0.05) is 17.3 Å². The highest BCUT2D eigenvalue weighted by molar-refractivity contribution is 5.96. The van der Waals surface area contributed by atoms with Gasteiger partial charge in [-0.2, -0.15) is 0 Å². The van der Waals surface area contributed by atoms with Crippen LogP contribution in [0.15, 0.2) is 53.4 Å². The van der Waals surface area contributed by atoms with E-state index in [9.17, 15) is 8.78 Å². The topological polar surface area (TPSA) is 54.7 Å². The van der Waals surface area contributed by atoms with Crippen LogP contribution >= 0.6 is 0 Å². The summed E-state index contributed by atoms with van der Waals surface area (Å²) in [4.78, 5) is 7.21. The molecule has 0 saturated heterocycles. The lowest BCUT2D eigenvalue weighted by Crippen LogP contribution is -1.89. The average Bonchev–Trinajstić information content (AvgIpc) is 3.16. The van der Waals surface area contributed by atoms with Crippen LogP contribution in [0.2, 0.25) is 0 Å². The summed E-state index contributed by atoms with van der Waals surface area (Å²) >= 11 is 0. The minimum Gasteiger partial charge on any atom is -0.356 e. The highest BCUT2D eigenvalue weighted by atomic mass is 19.2. The summed E-state index contributed by atoms with van der Waals surface area (Å²) < 4.78 is 32.8. The molecular formula is C16H9F2N3O. The first-order valence-electron chi connectivity index (χ1n) is 6.57. The predicted octanol–water partition coefficient (Wildman–Crippen LogP) is 4.16. The average molecular weight is 297 g/mol. The van der Waals surface area contributed by atoms with Crippen LogP contribution in [0, 0.1) is 11.6 Å². The third-order valence-corrected chi connectivity index (χ3v) is 3.51. The minimum absolute atomic E-state index is 0.106. The van der Waals surface area contributed by atoms with Crippen molar-refractivity contribution < 1.29 is 13.3 Å². The molecule has 0 fully saturated rings. The molecule has 0 aliphatic carbocycles. The Kier molecular flexibility index (Phi) is 2.75. The second-order valence-electron chi connectivity index (χ2n) is 4.77. The van der Waals surface area contributed by atoms with Crippen molar-refractivity contribution in [3.63, 3.8) is 0 Å². The molecule has 0 radical (unpaired) electrons. The van der Waals surface area contributed by atoms with Crippen LogP contribution in [0.5, 0.6) is 0 Å². The number of pyridine rings is 1. The molecule has 0 spiro atoms. The van der Waals surface area contributed by atoms with E-state index < -0.39 is 11.6 Å². The molecule has 0 amide bonds. The number of rotatable bonds is 2. The smallest absolute Gasteiger partial charge is 0.176 e. The number of benzene rings is 1. The van der Waals surface area contributed by atoms with Gasteiger partial charge in [0.05, 0.1) is 11.8 Å². The van der Waals surface area contributed by atoms with Crippen LogP contribution in [0.1, 0.15) is 0 Å². The van der Waals surface area contributed by atoms with E-state index in [1.807, 2.05) is 6.07 Å². The van der Waals surface area contributed by atoms with E-state index in [0.717, 1.165) is 11.5 Å². The Labute approximate surface area is 123 Å². The molecule has 1 aromatic carbocycles. The lowest BCUT2D eigenvalue weighted by Gasteiger charge is -2.03. The molecule has 108 valence electrons. The molecule has 0 saturated carbocycles. The molecule has 4 rings (SSSR count). The summed E-state index contributed by atoms with van der Waals surface area (Å²) in [5, 5.41) is 4.55. The number of hydrogen-bond acceptors (Lipinski definition) is 3. The Balaban J connectivity index is 1.96. The SMILES string of the molecule is Fc1cccc(-c2cnoc2-c2c[nH]c3ncccc23)c1F. The van der Waals surface area contributed by atoms with Crippen LogP contribution in [0.25, 0.3) is 33.5 Å². The van der Waals surface area contributed by atoms with Crippen LogP contribution in [-0.2, 0) is 0 Å². The van der Waals surface area contributed by atoms with E-state index in [1.54, 1.807) is 18.5 Å². The predicted molar refractivity (Wildman–Crippen MR) is 76.9 cm³/mol. The van der Waals surface area contributed by atoms with Gasteiger partial charge in [-0.15, -0.1) is 0 Å². The highest BCUT2D eigenvalue weighted by Crippen LogP contribution is 2.36. The number of aromatic nitrogens is 3. The molecule has 22 heavy (non-hydrogen) atoms. The standard InChI is InChI=1S/C16H9F2N3O/c17-13-5-1-3-9(14(13)18)12-8-21-22-15(12)11-7-20-16-10(11)4-2-6-19-16/h1-8H,(H,19,20). The molecular weight excluding hydrogens is 288 g/mol. The summed E-state index contributed by atoms with van der Waals surface area (Å²) in [5.41, 5.74) is 1.87. The maximum absolute atomic E-state index is 14.0. The first kappa shape index (κ1) is 12.7. The van der Waals surface area contributed by atoms with Gasteiger partial charge in [-0.25, -0.2) is 13.8 Å². The van der Waals surface area contributed by atoms with Crippen molar-refractivity contribution in [2.75, 3.05) is 0 Å². The van der Waals surface area contributed by atoms with Crippen LogP contribution in [0.4, 0.5) is 8.78 Å². The molecule has 0 bridgehead atoms. The third kappa shape index (κ3) is 1.81. The summed E-state index contributed by atoms with van der Waals surface area (Å²) in [6.07, 6.45) is 4.75. The molecule has 3 heterocycles.